The summed E-state index contributed by atoms with van der Waals surface area (Å²) in [5, 5.41) is 0. The molecule has 0 aromatic carbocycles. The van der Waals surface area contributed by atoms with E-state index in [4.69, 9.17) is 4.74 Å². The van der Waals surface area contributed by atoms with E-state index in [9.17, 15) is 13.2 Å². The molecule has 0 saturated carbocycles. The van der Waals surface area contributed by atoms with Crippen LogP contribution >= 0.6 is 0 Å². The SMILES string of the molecule is CCC(C)c1ncc(OCCC(C)C)cc1C(F)(F)F. The average Bonchev–Trinajstić information content (AvgIpc) is 2.36. The van der Waals surface area contributed by atoms with Crippen LogP contribution in [0.3, 0.4) is 0 Å². The van der Waals surface area contributed by atoms with Crippen molar-refractivity contribution in [1.29, 1.82) is 0 Å². The van der Waals surface area contributed by atoms with Gasteiger partial charge in [-0.25, -0.2) is 0 Å². The second kappa shape index (κ2) is 6.95. The number of hydrogen-bond acceptors (Lipinski definition) is 2. The molecule has 0 fully saturated rings. The molecule has 0 bridgehead atoms. The van der Waals surface area contributed by atoms with Gasteiger partial charge >= 0.3 is 6.18 Å². The van der Waals surface area contributed by atoms with Crippen LogP contribution in [0.1, 0.15) is 57.7 Å². The third-order valence-electron chi connectivity index (χ3n) is 3.24. The topological polar surface area (TPSA) is 22.1 Å². The molecule has 20 heavy (non-hydrogen) atoms. The van der Waals surface area contributed by atoms with Crippen LogP contribution in [0.4, 0.5) is 13.2 Å². The number of halogens is 3. The molecule has 0 aliphatic heterocycles. The summed E-state index contributed by atoms with van der Waals surface area (Å²) in [5.41, 5.74) is -0.592. The van der Waals surface area contributed by atoms with E-state index in [-0.39, 0.29) is 17.4 Å². The quantitative estimate of drug-likeness (QED) is 0.732. The molecule has 0 aliphatic rings. The van der Waals surface area contributed by atoms with E-state index in [1.165, 1.54) is 6.20 Å². The van der Waals surface area contributed by atoms with Crippen molar-refractivity contribution < 1.29 is 17.9 Å². The highest BCUT2D eigenvalue weighted by Crippen LogP contribution is 2.36. The first-order chi connectivity index (χ1) is 9.25. The summed E-state index contributed by atoms with van der Waals surface area (Å²) >= 11 is 0. The normalized spacial score (nSPS) is 13.6. The molecule has 0 spiro atoms. The van der Waals surface area contributed by atoms with Crippen molar-refractivity contribution in [2.45, 2.75) is 52.6 Å². The maximum atomic E-state index is 13.1. The van der Waals surface area contributed by atoms with Crippen molar-refractivity contribution in [2.75, 3.05) is 6.61 Å². The minimum atomic E-state index is -4.40. The smallest absolute Gasteiger partial charge is 0.418 e. The number of hydrogen-bond donors (Lipinski definition) is 0. The van der Waals surface area contributed by atoms with Crippen LogP contribution in [-0.4, -0.2) is 11.6 Å². The molecule has 5 heteroatoms. The summed E-state index contributed by atoms with van der Waals surface area (Å²) in [5.74, 6) is 0.408. The van der Waals surface area contributed by atoms with E-state index in [0.29, 0.717) is 18.9 Å². The second-order valence-electron chi connectivity index (χ2n) is 5.44. The van der Waals surface area contributed by atoms with Crippen LogP contribution in [0.15, 0.2) is 12.3 Å². The second-order valence-corrected chi connectivity index (χ2v) is 5.44. The molecule has 114 valence electrons. The summed E-state index contributed by atoms with van der Waals surface area (Å²) in [6.45, 7) is 8.07. The van der Waals surface area contributed by atoms with Crippen molar-refractivity contribution in [2.24, 2.45) is 5.92 Å². The van der Waals surface area contributed by atoms with E-state index in [2.05, 4.69) is 4.98 Å². The molecule has 0 amide bonds. The molecule has 1 heterocycles. The van der Waals surface area contributed by atoms with Gasteiger partial charge in [0.2, 0.25) is 0 Å². The summed E-state index contributed by atoms with van der Waals surface area (Å²) in [6.07, 6.45) is -1.60. The number of alkyl halides is 3. The fraction of sp³-hybridized carbons (Fsp3) is 0.667. The predicted molar refractivity (Wildman–Crippen MR) is 72.9 cm³/mol. The Morgan fingerprint density at radius 3 is 2.40 bits per heavy atom. The lowest BCUT2D eigenvalue weighted by molar-refractivity contribution is -0.138. The van der Waals surface area contributed by atoms with Crippen molar-refractivity contribution in [1.82, 2.24) is 4.98 Å². The fourth-order valence-electron chi connectivity index (χ4n) is 1.76. The Labute approximate surface area is 118 Å². The largest absolute Gasteiger partial charge is 0.492 e. The molecule has 0 radical (unpaired) electrons. The third kappa shape index (κ3) is 4.69. The zero-order chi connectivity index (χ0) is 15.3. The Hall–Kier alpha value is -1.26. The third-order valence-corrected chi connectivity index (χ3v) is 3.24. The highest BCUT2D eigenvalue weighted by atomic mass is 19.4. The van der Waals surface area contributed by atoms with Crippen molar-refractivity contribution >= 4 is 0 Å². The Morgan fingerprint density at radius 1 is 1.25 bits per heavy atom. The zero-order valence-electron chi connectivity index (χ0n) is 12.4. The number of rotatable bonds is 6. The van der Waals surface area contributed by atoms with Crippen molar-refractivity contribution in [3.8, 4) is 5.75 Å². The van der Waals surface area contributed by atoms with Gasteiger partial charge in [-0.2, -0.15) is 13.2 Å². The highest BCUT2D eigenvalue weighted by Gasteiger charge is 2.35. The summed E-state index contributed by atoms with van der Waals surface area (Å²) in [7, 11) is 0. The van der Waals surface area contributed by atoms with Gasteiger partial charge in [0.25, 0.3) is 0 Å². The molecular weight excluding hydrogens is 267 g/mol. The van der Waals surface area contributed by atoms with Gasteiger partial charge in [-0.15, -0.1) is 0 Å². The first-order valence-corrected chi connectivity index (χ1v) is 6.95. The van der Waals surface area contributed by atoms with Crippen molar-refractivity contribution in [3.05, 3.63) is 23.5 Å². The predicted octanol–water partition coefficient (Wildman–Crippen LogP) is 5.04. The lowest BCUT2D eigenvalue weighted by Gasteiger charge is -2.17. The minimum absolute atomic E-state index is 0.0937. The molecule has 0 saturated heterocycles. The maximum Gasteiger partial charge on any atom is 0.418 e. The van der Waals surface area contributed by atoms with Gasteiger partial charge in [0.05, 0.1) is 24.1 Å². The Bertz CT molecular complexity index is 430. The molecule has 1 aromatic heterocycles. The van der Waals surface area contributed by atoms with Gasteiger partial charge in [0.1, 0.15) is 5.75 Å². The molecule has 1 aromatic rings. The molecule has 0 N–H and O–H groups in total. The summed E-state index contributed by atoms with van der Waals surface area (Å²) < 4.78 is 44.6. The van der Waals surface area contributed by atoms with Gasteiger partial charge in [-0.3, -0.25) is 4.98 Å². The number of nitrogens with zero attached hydrogens (tertiary/aromatic N) is 1. The Balaban J connectivity index is 2.96. The Kier molecular flexibility index (Phi) is 5.84. The fourth-order valence-corrected chi connectivity index (χ4v) is 1.76. The summed E-state index contributed by atoms with van der Waals surface area (Å²) in [6, 6.07) is 1.06. The van der Waals surface area contributed by atoms with Gasteiger partial charge in [-0.1, -0.05) is 27.7 Å². The van der Waals surface area contributed by atoms with E-state index < -0.39 is 11.7 Å². The van der Waals surface area contributed by atoms with Crippen molar-refractivity contribution in [3.63, 3.8) is 0 Å². The van der Waals surface area contributed by atoms with Crippen LogP contribution in [0.25, 0.3) is 0 Å². The van der Waals surface area contributed by atoms with Crippen LogP contribution < -0.4 is 4.74 Å². The molecule has 0 aliphatic carbocycles. The van der Waals surface area contributed by atoms with Gasteiger partial charge in [0, 0.05) is 0 Å². The lowest BCUT2D eigenvalue weighted by Crippen LogP contribution is -2.13. The highest BCUT2D eigenvalue weighted by molar-refractivity contribution is 5.33. The number of ether oxygens (including phenoxy) is 1. The number of pyridine rings is 1. The molecule has 1 unspecified atom stereocenters. The van der Waals surface area contributed by atoms with Gasteiger partial charge in [-0.05, 0) is 30.7 Å². The van der Waals surface area contributed by atoms with Crippen LogP contribution in [0.5, 0.6) is 5.75 Å². The zero-order valence-corrected chi connectivity index (χ0v) is 12.4. The van der Waals surface area contributed by atoms with E-state index in [1.807, 2.05) is 20.8 Å². The maximum absolute atomic E-state index is 13.1. The minimum Gasteiger partial charge on any atom is -0.492 e. The van der Waals surface area contributed by atoms with Gasteiger partial charge < -0.3 is 4.74 Å². The standard InChI is InChI=1S/C15H22F3NO/c1-5-11(4)14-13(15(16,17)18)8-12(9-19-14)20-7-6-10(2)3/h8-11H,5-7H2,1-4H3. The summed E-state index contributed by atoms with van der Waals surface area (Å²) in [4.78, 5) is 3.97. The number of aromatic nitrogens is 1. The molecular formula is C15H22F3NO. The monoisotopic (exact) mass is 289 g/mol. The average molecular weight is 289 g/mol. The van der Waals surface area contributed by atoms with Crippen LogP contribution in [0.2, 0.25) is 0 Å². The van der Waals surface area contributed by atoms with Crippen LogP contribution in [0, 0.1) is 5.92 Å². The van der Waals surface area contributed by atoms with Gasteiger partial charge in [0.15, 0.2) is 0 Å². The Morgan fingerprint density at radius 2 is 1.90 bits per heavy atom. The molecule has 2 nitrogen and oxygen atoms in total. The first kappa shape index (κ1) is 16.8. The molecule has 1 rings (SSSR count). The molecule has 1 atom stereocenters. The first-order valence-electron chi connectivity index (χ1n) is 6.95. The van der Waals surface area contributed by atoms with E-state index in [0.717, 1.165) is 12.5 Å². The lowest BCUT2D eigenvalue weighted by atomic mass is 9.99. The van der Waals surface area contributed by atoms with E-state index >= 15 is 0 Å². The van der Waals surface area contributed by atoms with Crippen LogP contribution in [-0.2, 0) is 6.18 Å². The van der Waals surface area contributed by atoms with E-state index in [1.54, 1.807) is 6.92 Å².